The van der Waals surface area contributed by atoms with Crippen molar-refractivity contribution >= 4 is 85.9 Å². The van der Waals surface area contributed by atoms with Gasteiger partial charge in [0.2, 0.25) is 5.91 Å². The molecule has 8 rings (SSSR count). The van der Waals surface area contributed by atoms with Crippen molar-refractivity contribution in [1.82, 2.24) is 14.7 Å². The van der Waals surface area contributed by atoms with E-state index >= 15 is 0 Å². The van der Waals surface area contributed by atoms with Gasteiger partial charge in [-0.1, -0.05) is 62.4 Å². The molecule has 378 valence electrons. The Bertz CT molecular complexity index is 2920. The zero-order valence-corrected chi connectivity index (χ0v) is 42.0. The number of rotatable bonds is 21. The van der Waals surface area contributed by atoms with Crippen LogP contribution in [0.5, 0.6) is 11.5 Å². The Balaban J connectivity index is 0.861. The number of hydrogen-bond acceptors (Lipinski definition) is 13. The highest BCUT2D eigenvalue weighted by Gasteiger charge is 2.38. The Morgan fingerprint density at radius 3 is 1.57 bits per heavy atom. The zero-order valence-electron chi connectivity index (χ0n) is 41.2. The van der Waals surface area contributed by atoms with Crippen molar-refractivity contribution in [1.29, 1.82) is 0 Å². The van der Waals surface area contributed by atoms with Gasteiger partial charge in [-0.25, -0.2) is 4.79 Å². The summed E-state index contributed by atoms with van der Waals surface area (Å²) < 4.78 is 28.2. The molecular formula is C54H59N5O12S. The van der Waals surface area contributed by atoms with Gasteiger partial charge in [-0.15, -0.1) is 11.3 Å². The van der Waals surface area contributed by atoms with Crippen LogP contribution in [0.1, 0.15) is 82.3 Å². The molecule has 4 aromatic carbocycles. The number of thiophene rings is 1. The summed E-state index contributed by atoms with van der Waals surface area (Å²) >= 11 is 1.13. The Morgan fingerprint density at radius 1 is 0.611 bits per heavy atom. The maximum Gasteiger partial charge on any atom is 0.415 e. The normalized spacial score (nSPS) is 15.9. The highest BCUT2D eigenvalue weighted by Crippen LogP contribution is 2.49. The topological polar surface area (TPSA) is 182 Å². The molecule has 4 heterocycles. The fourth-order valence-electron chi connectivity index (χ4n) is 9.42. The smallest absolute Gasteiger partial charge is 0.415 e. The van der Waals surface area contributed by atoms with Crippen LogP contribution in [0, 0.1) is 0 Å². The molecule has 2 atom stereocenters. The molecule has 0 bridgehead atoms. The molecule has 3 aliphatic rings. The van der Waals surface area contributed by atoms with Crippen molar-refractivity contribution in [2.45, 2.75) is 51.9 Å². The van der Waals surface area contributed by atoms with Crippen LogP contribution in [-0.4, -0.2) is 143 Å². The van der Waals surface area contributed by atoms with Gasteiger partial charge in [0.25, 0.3) is 23.6 Å². The van der Waals surface area contributed by atoms with Crippen LogP contribution < -0.4 is 19.3 Å². The predicted octanol–water partition coefficient (Wildman–Crippen LogP) is 7.54. The van der Waals surface area contributed by atoms with Crippen LogP contribution in [0.4, 0.5) is 16.2 Å². The first-order valence-corrected chi connectivity index (χ1v) is 25.1. The number of anilines is 2. The number of carbonyl (C=O) groups is 7. The Hall–Kier alpha value is -6.99. The van der Waals surface area contributed by atoms with Crippen LogP contribution in [-0.2, 0) is 33.4 Å². The van der Waals surface area contributed by atoms with E-state index in [0.29, 0.717) is 65.5 Å². The molecule has 0 N–H and O–H groups in total. The lowest BCUT2D eigenvalue weighted by Gasteiger charge is -2.23. The maximum absolute atomic E-state index is 14.6. The summed E-state index contributed by atoms with van der Waals surface area (Å²) in [5.74, 6) is -1.08. The van der Waals surface area contributed by atoms with Gasteiger partial charge in [-0.05, 0) is 46.9 Å². The number of carbonyl (C=O) groups excluding carboxylic acids is 7. The lowest BCUT2D eigenvalue weighted by Crippen LogP contribution is -2.38. The number of nitrogens with zero attached hydrogens (tertiary/aromatic N) is 5. The first kappa shape index (κ1) is 51.4. The highest BCUT2D eigenvalue weighted by molar-refractivity contribution is 7.16. The third-order valence-electron chi connectivity index (χ3n) is 13.3. The van der Waals surface area contributed by atoms with E-state index in [1.165, 1.54) is 28.9 Å². The van der Waals surface area contributed by atoms with Crippen molar-refractivity contribution in [3.8, 4) is 11.5 Å². The second kappa shape index (κ2) is 23.0. The van der Waals surface area contributed by atoms with E-state index in [1.54, 1.807) is 48.2 Å². The van der Waals surface area contributed by atoms with Gasteiger partial charge >= 0.3 is 12.1 Å². The standard InChI is InChI=1S/C54H59N5O12S/c1-6-35-32-58(41-30-43(70-34(3)60)37-12-8-10-14-39(37)50(35)41)52(64)45-16-17-46(72-45)53(65)59-33-36(7-2)51-40-15-11-9-13-38(40)44(31-42(51)59)71-54(66)56(5)22-21-55(4)47(61)20-24-67-26-28-69-29-27-68-25-23-57-48(62)18-19-49(57)63/h8-19,30-31,35-36H,6-7,20-29,32-33H2,1-5H3/t35-,36-/m1/s1. The lowest BCUT2D eigenvalue weighted by atomic mass is 9.93. The molecule has 0 saturated carbocycles. The first-order valence-electron chi connectivity index (χ1n) is 24.3. The average molecular weight is 1000 g/mol. The number of amides is 6. The molecule has 5 aromatic rings. The van der Waals surface area contributed by atoms with Gasteiger partial charge in [-0.2, -0.15) is 0 Å². The number of ether oxygens (including phenoxy) is 5. The van der Waals surface area contributed by atoms with Crippen molar-refractivity contribution in [2.24, 2.45) is 0 Å². The summed E-state index contributed by atoms with van der Waals surface area (Å²) in [6.45, 7) is 8.56. The Labute approximate surface area is 421 Å². The molecule has 1 aromatic heterocycles. The fourth-order valence-corrected chi connectivity index (χ4v) is 10.3. The van der Waals surface area contributed by atoms with E-state index < -0.39 is 12.1 Å². The number of esters is 1. The molecule has 0 unspecified atom stereocenters. The van der Waals surface area contributed by atoms with Gasteiger partial charge in [0.15, 0.2) is 0 Å². The SMILES string of the molecule is CC[C@@H]1CN(C(=O)c2ccc(C(=O)N3C[C@@H](CC)c4c3cc(OC(=O)N(C)CCN(C)C(=O)CCOCCOCCOCCN3C(=O)C=CC3=O)c3ccccc43)s2)c2cc(OC(C)=O)c3ccccc3c21. The molecule has 0 aliphatic carbocycles. The van der Waals surface area contributed by atoms with E-state index in [-0.39, 0.29) is 87.2 Å². The van der Waals surface area contributed by atoms with E-state index in [4.69, 9.17) is 23.7 Å². The quantitative estimate of drug-likeness (QED) is 0.0305. The molecule has 18 heteroatoms. The summed E-state index contributed by atoms with van der Waals surface area (Å²) in [5, 5.41) is 3.34. The van der Waals surface area contributed by atoms with Crippen molar-refractivity contribution in [3.63, 3.8) is 0 Å². The highest BCUT2D eigenvalue weighted by atomic mass is 32.1. The van der Waals surface area contributed by atoms with Gasteiger partial charge in [-0.3, -0.25) is 33.7 Å². The van der Waals surface area contributed by atoms with E-state index in [0.717, 1.165) is 61.8 Å². The third kappa shape index (κ3) is 11.1. The third-order valence-corrected chi connectivity index (χ3v) is 14.3. The molecule has 0 spiro atoms. The summed E-state index contributed by atoms with van der Waals surface area (Å²) in [5.41, 5.74) is 3.34. The van der Waals surface area contributed by atoms with Crippen LogP contribution in [0.3, 0.4) is 0 Å². The lowest BCUT2D eigenvalue weighted by molar-refractivity contribution is -0.138. The van der Waals surface area contributed by atoms with E-state index in [2.05, 4.69) is 13.8 Å². The molecule has 72 heavy (non-hydrogen) atoms. The number of likely N-dealkylation sites (N-methyl/N-ethyl adjacent to an activating group) is 2. The molecule has 0 saturated heterocycles. The first-order chi connectivity index (χ1) is 34.8. The Morgan fingerprint density at radius 2 is 1.07 bits per heavy atom. The molecular weight excluding hydrogens is 943 g/mol. The molecule has 17 nitrogen and oxygen atoms in total. The monoisotopic (exact) mass is 1000 g/mol. The van der Waals surface area contributed by atoms with Gasteiger partial charge in [0.05, 0.1) is 73.7 Å². The van der Waals surface area contributed by atoms with Crippen LogP contribution in [0.2, 0.25) is 0 Å². The number of imide groups is 1. The van der Waals surface area contributed by atoms with Crippen LogP contribution in [0.25, 0.3) is 21.5 Å². The summed E-state index contributed by atoms with van der Waals surface area (Å²) in [6, 6.07) is 22.3. The second-order valence-electron chi connectivity index (χ2n) is 17.9. The summed E-state index contributed by atoms with van der Waals surface area (Å²) in [7, 11) is 3.25. The zero-order chi connectivity index (χ0) is 51.1. The predicted molar refractivity (Wildman–Crippen MR) is 272 cm³/mol. The minimum absolute atomic E-state index is 0.00602. The summed E-state index contributed by atoms with van der Waals surface area (Å²) in [4.78, 5) is 99.1. The second-order valence-corrected chi connectivity index (χ2v) is 18.9. The van der Waals surface area contributed by atoms with Crippen molar-refractivity contribution < 1.29 is 57.2 Å². The van der Waals surface area contributed by atoms with Crippen LogP contribution >= 0.6 is 11.3 Å². The van der Waals surface area contributed by atoms with Crippen molar-refractivity contribution in [3.05, 3.63) is 106 Å². The largest absolute Gasteiger partial charge is 0.426 e. The molecule has 3 aliphatic heterocycles. The fraction of sp³-hybridized carbons (Fsp3) is 0.389. The number of benzene rings is 4. The average Bonchev–Trinajstić information content (AvgIpc) is 4.19. The van der Waals surface area contributed by atoms with E-state index in [1.807, 2.05) is 48.5 Å². The molecule has 6 amide bonds. The Kier molecular flexibility index (Phi) is 16.4. The maximum atomic E-state index is 14.6. The van der Waals surface area contributed by atoms with Gasteiger partial charge < -0.3 is 43.3 Å². The minimum atomic E-state index is -0.630. The van der Waals surface area contributed by atoms with Crippen LogP contribution in [0.15, 0.2) is 84.9 Å². The van der Waals surface area contributed by atoms with Crippen molar-refractivity contribution in [2.75, 3.05) is 96.3 Å². The molecule has 0 radical (unpaired) electrons. The minimum Gasteiger partial charge on any atom is -0.426 e. The number of hydrogen-bond donors (Lipinski definition) is 0. The van der Waals surface area contributed by atoms with E-state index in [9.17, 15) is 33.6 Å². The molecule has 0 fully saturated rings. The van der Waals surface area contributed by atoms with Gasteiger partial charge in [0, 0.05) is 94.1 Å². The summed E-state index contributed by atoms with van der Waals surface area (Å²) in [6.07, 6.45) is 3.52. The number of fused-ring (bicyclic) bond motifs is 6. The van der Waals surface area contributed by atoms with Gasteiger partial charge in [0.1, 0.15) is 11.5 Å².